The normalized spacial score (nSPS) is 12.9. The van der Waals surface area contributed by atoms with E-state index in [-0.39, 0.29) is 22.6 Å². The molecule has 0 saturated heterocycles. The summed E-state index contributed by atoms with van der Waals surface area (Å²) in [7, 11) is 0. The molecule has 1 aliphatic rings. The second kappa shape index (κ2) is 13.0. The van der Waals surface area contributed by atoms with Crippen LogP contribution in [0, 0.1) is 19.3 Å². The first kappa shape index (κ1) is 29.3. The van der Waals surface area contributed by atoms with Gasteiger partial charge in [0.2, 0.25) is 0 Å². The zero-order valence-electron chi connectivity index (χ0n) is 23.9. The lowest BCUT2D eigenvalue weighted by atomic mass is 9.81. The van der Waals surface area contributed by atoms with Gasteiger partial charge in [-0.2, -0.15) is 0 Å². The number of fused-ring (bicyclic) bond motifs is 1. The van der Waals surface area contributed by atoms with Crippen molar-refractivity contribution in [3.63, 3.8) is 0 Å². The van der Waals surface area contributed by atoms with E-state index in [1.54, 1.807) is 18.2 Å². The first-order chi connectivity index (χ1) is 18.1. The van der Waals surface area contributed by atoms with Crippen molar-refractivity contribution >= 4 is 23.3 Å². The Kier molecular flexibility index (Phi) is 10.1. The summed E-state index contributed by atoms with van der Waals surface area (Å²) in [4.78, 5) is 27.1. The number of aromatic hydroxyl groups is 1. The summed E-state index contributed by atoms with van der Waals surface area (Å²) in [6.45, 7) is 13.1. The maximum Gasteiger partial charge on any atom is 0.316 e. The number of phenolic OH excluding ortho intramolecular Hbond substituents is 1. The molecule has 0 bridgehead atoms. The Hall–Kier alpha value is -3.22. The third-order valence-corrected chi connectivity index (χ3v) is 7.74. The standard InChI is InChI=1S/C31H46N4O3/c1-6-7-8-9-10-13-17-35-18-16-23-21(2)27(34-30(32)38)22(3)25(28(23)35)19-31(4,5)20-33-29(37)24-14-11-12-15-26(24)36/h11-12,14-15,36H,6-10,13,16-20H2,1-5H3,(H,33,37)(H3,32,34,38). The number of primary amides is 1. The second-order valence-electron chi connectivity index (χ2n) is 11.5. The minimum atomic E-state index is -0.557. The van der Waals surface area contributed by atoms with Crippen LogP contribution in [0.25, 0.3) is 0 Å². The third-order valence-electron chi connectivity index (χ3n) is 7.74. The zero-order valence-corrected chi connectivity index (χ0v) is 23.9. The molecule has 7 heteroatoms. The van der Waals surface area contributed by atoms with Gasteiger partial charge in [-0.15, -0.1) is 0 Å². The molecule has 0 aromatic heterocycles. The Bertz CT molecular complexity index is 1140. The molecule has 5 N–H and O–H groups in total. The number of benzene rings is 2. The van der Waals surface area contributed by atoms with Crippen molar-refractivity contribution < 1.29 is 14.7 Å². The van der Waals surface area contributed by atoms with E-state index in [2.05, 4.69) is 50.2 Å². The number of hydrogen-bond acceptors (Lipinski definition) is 4. The highest BCUT2D eigenvalue weighted by atomic mass is 16.3. The minimum Gasteiger partial charge on any atom is -0.507 e. The average molecular weight is 523 g/mol. The molecule has 0 saturated carbocycles. The van der Waals surface area contributed by atoms with Gasteiger partial charge in [-0.1, -0.05) is 65.0 Å². The Morgan fingerprint density at radius 2 is 1.74 bits per heavy atom. The zero-order chi connectivity index (χ0) is 27.9. The molecule has 2 aromatic rings. The van der Waals surface area contributed by atoms with Gasteiger partial charge in [-0.25, -0.2) is 4.79 Å². The summed E-state index contributed by atoms with van der Waals surface area (Å²) < 4.78 is 0. The van der Waals surface area contributed by atoms with Gasteiger partial charge in [0.15, 0.2) is 0 Å². The number of carbonyl (C=O) groups is 2. The Labute approximate surface area is 228 Å². The highest BCUT2D eigenvalue weighted by molar-refractivity contribution is 5.96. The Morgan fingerprint density at radius 3 is 2.42 bits per heavy atom. The van der Waals surface area contributed by atoms with E-state index >= 15 is 0 Å². The van der Waals surface area contributed by atoms with Crippen molar-refractivity contribution in [2.45, 2.75) is 86.0 Å². The van der Waals surface area contributed by atoms with Crippen LogP contribution in [0.4, 0.5) is 16.2 Å². The van der Waals surface area contributed by atoms with Crippen molar-refractivity contribution in [3.05, 3.63) is 52.1 Å². The molecule has 0 atom stereocenters. The lowest BCUT2D eigenvalue weighted by Crippen LogP contribution is -2.36. The number of nitrogens with zero attached hydrogens (tertiary/aromatic N) is 1. The van der Waals surface area contributed by atoms with Crippen LogP contribution in [0.1, 0.15) is 91.9 Å². The highest BCUT2D eigenvalue weighted by Gasteiger charge is 2.31. The highest BCUT2D eigenvalue weighted by Crippen LogP contribution is 2.43. The fourth-order valence-electron chi connectivity index (χ4n) is 5.62. The number of carbonyl (C=O) groups excluding carboxylic acids is 2. The van der Waals surface area contributed by atoms with E-state index in [1.165, 1.54) is 61.4 Å². The van der Waals surface area contributed by atoms with Gasteiger partial charge in [-0.3, -0.25) is 4.79 Å². The largest absolute Gasteiger partial charge is 0.507 e. The van der Waals surface area contributed by atoms with Crippen molar-refractivity contribution in [1.29, 1.82) is 0 Å². The van der Waals surface area contributed by atoms with Gasteiger partial charge in [0, 0.05) is 31.0 Å². The predicted octanol–water partition coefficient (Wildman–Crippen LogP) is 6.22. The van der Waals surface area contributed by atoms with E-state index in [1.807, 2.05) is 0 Å². The monoisotopic (exact) mass is 522 g/mol. The van der Waals surface area contributed by atoms with E-state index in [4.69, 9.17) is 5.73 Å². The van der Waals surface area contributed by atoms with Crippen molar-refractivity contribution in [2.24, 2.45) is 11.1 Å². The first-order valence-corrected chi connectivity index (χ1v) is 14.1. The van der Waals surface area contributed by atoms with Gasteiger partial charge < -0.3 is 26.4 Å². The van der Waals surface area contributed by atoms with Gasteiger partial charge in [-0.05, 0) is 72.9 Å². The smallest absolute Gasteiger partial charge is 0.316 e. The van der Waals surface area contributed by atoms with Crippen LogP contribution in [0.2, 0.25) is 0 Å². The molecule has 0 fully saturated rings. The van der Waals surface area contributed by atoms with Gasteiger partial charge >= 0.3 is 6.03 Å². The number of anilines is 2. The molecule has 3 amide bonds. The second-order valence-corrected chi connectivity index (χ2v) is 11.5. The number of para-hydroxylation sites is 1. The van der Waals surface area contributed by atoms with Crippen molar-refractivity contribution in [3.8, 4) is 5.75 Å². The molecule has 208 valence electrons. The fourth-order valence-corrected chi connectivity index (χ4v) is 5.62. The lowest BCUT2D eigenvalue weighted by Gasteiger charge is -2.31. The summed E-state index contributed by atoms with van der Waals surface area (Å²) in [6, 6.07) is 6.02. The van der Waals surface area contributed by atoms with Gasteiger partial charge in [0.25, 0.3) is 5.91 Å². The maximum atomic E-state index is 12.8. The summed E-state index contributed by atoms with van der Waals surface area (Å²) in [5.74, 6) is -0.315. The molecule has 38 heavy (non-hydrogen) atoms. The molecule has 1 heterocycles. The third kappa shape index (κ3) is 7.21. The maximum absolute atomic E-state index is 12.8. The number of nitrogens with one attached hydrogen (secondary N) is 2. The topological polar surface area (TPSA) is 108 Å². The summed E-state index contributed by atoms with van der Waals surface area (Å²) >= 11 is 0. The lowest BCUT2D eigenvalue weighted by molar-refractivity contribution is 0.0933. The number of hydrogen-bond donors (Lipinski definition) is 4. The van der Waals surface area contributed by atoms with E-state index in [0.29, 0.717) is 6.54 Å². The number of nitrogens with two attached hydrogens (primary N) is 1. The van der Waals surface area contributed by atoms with Crippen LogP contribution in [0.15, 0.2) is 24.3 Å². The molecule has 3 rings (SSSR count). The van der Waals surface area contributed by atoms with E-state index < -0.39 is 6.03 Å². The van der Waals surface area contributed by atoms with Crippen LogP contribution in [-0.2, 0) is 12.8 Å². The summed E-state index contributed by atoms with van der Waals surface area (Å²) in [6.07, 6.45) is 9.23. The molecule has 7 nitrogen and oxygen atoms in total. The summed E-state index contributed by atoms with van der Waals surface area (Å²) in [5.41, 5.74) is 12.3. The van der Waals surface area contributed by atoms with Crippen LogP contribution in [0.3, 0.4) is 0 Å². The number of urea groups is 1. The van der Waals surface area contributed by atoms with Crippen LogP contribution in [-0.4, -0.2) is 36.7 Å². The molecule has 0 radical (unpaired) electrons. The van der Waals surface area contributed by atoms with Crippen molar-refractivity contribution in [1.82, 2.24) is 5.32 Å². The first-order valence-electron chi connectivity index (χ1n) is 14.1. The molecular weight excluding hydrogens is 476 g/mol. The quantitative estimate of drug-likeness (QED) is 0.234. The SMILES string of the molecule is CCCCCCCCN1CCc2c(C)c(NC(N)=O)c(C)c(CC(C)(C)CNC(=O)c3ccccc3O)c21. The van der Waals surface area contributed by atoms with E-state index in [9.17, 15) is 14.7 Å². The Morgan fingerprint density at radius 1 is 1.05 bits per heavy atom. The molecule has 1 aliphatic heterocycles. The summed E-state index contributed by atoms with van der Waals surface area (Å²) in [5, 5.41) is 16.0. The van der Waals surface area contributed by atoms with Gasteiger partial charge in [0.05, 0.1) is 5.56 Å². The van der Waals surface area contributed by atoms with Crippen LogP contribution in [0.5, 0.6) is 5.75 Å². The average Bonchev–Trinajstić information content (AvgIpc) is 3.29. The number of unbranched alkanes of at least 4 members (excludes halogenated alkanes) is 5. The van der Waals surface area contributed by atoms with Crippen LogP contribution < -0.4 is 21.3 Å². The minimum absolute atomic E-state index is 0.0255. The van der Waals surface area contributed by atoms with Crippen molar-refractivity contribution in [2.75, 3.05) is 29.9 Å². The number of amides is 3. The van der Waals surface area contributed by atoms with Crippen LogP contribution >= 0.6 is 0 Å². The number of phenols is 1. The molecular formula is C31H46N4O3. The molecule has 0 aliphatic carbocycles. The Balaban J connectivity index is 1.84. The van der Waals surface area contributed by atoms with E-state index in [0.717, 1.165) is 42.7 Å². The molecule has 2 aromatic carbocycles. The van der Waals surface area contributed by atoms with Gasteiger partial charge in [0.1, 0.15) is 5.75 Å². The molecule has 0 spiro atoms. The number of rotatable bonds is 13. The molecule has 0 unspecified atom stereocenters. The fraction of sp³-hybridized carbons (Fsp3) is 0.548. The predicted molar refractivity (Wildman–Crippen MR) is 156 cm³/mol.